The van der Waals surface area contributed by atoms with Crippen molar-refractivity contribution >= 4 is 11.9 Å². The van der Waals surface area contributed by atoms with Gasteiger partial charge in [-0.3, -0.25) is 9.59 Å². The molecular formula is C16H21NO4. The van der Waals surface area contributed by atoms with Gasteiger partial charge in [0.2, 0.25) is 0 Å². The molecule has 1 amide bonds. The van der Waals surface area contributed by atoms with E-state index in [1.807, 2.05) is 0 Å². The van der Waals surface area contributed by atoms with Crippen molar-refractivity contribution in [3.8, 4) is 5.75 Å². The van der Waals surface area contributed by atoms with E-state index in [2.05, 4.69) is 4.74 Å². The number of ether oxygens (including phenoxy) is 1. The van der Waals surface area contributed by atoms with E-state index in [1.54, 1.807) is 24.0 Å². The van der Waals surface area contributed by atoms with E-state index < -0.39 is 5.97 Å². The number of phenolic OH excluding ortho intramolecular Hbond substituents is 1. The maximum atomic E-state index is 12.7. The minimum atomic E-state index is -0.424. The number of amides is 1. The van der Waals surface area contributed by atoms with Crippen LogP contribution in [0.2, 0.25) is 0 Å². The Labute approximate surface area is 124 Å². The lowest BCUT2D eigenvalue weighted by Gasteiger charge is -2.28. The van der Waals surface area contributed by atoms with Gasteiger partial charge in [-0.15, -0.1) is 0 Å². The molecule has 21 heavy (non-hydrogen) atoms. The number of hydrogen-bond acceptors (Lipinski definition) is 4. The number of benzene rings is 1. The highest BCUT2D eigenvalue weighted by Crippen LogP contribution is 2.26. The third-order valence-corrected chi connectivity index (χ3v) is 4.01. The predicted molar refractivity (Wildman–Crippen MR) is 78.2 cm³/mol. The zero-order chi connectivity index (χ0) is 15.4. The molecule has 0 bridgehead atoms. The van der Waals surface area contributed by atoms with E-state index >= 15 is 0 Å². The second-order valence-corrected chi connectivity index (χ2v) is 5.45. The summed E-state index contributed by atoms with van der Waals surface area (Å²) in [4.78, 5) is 25.8. The van der Waals surface area contributed by atoms with Gasteiger partial charge in [0.15, 0.2) is 0 Å². The number of hydrogen-bond donors (Lipinski definition) is 1. The topological polar surface area (TPSA) is 66.8 Å². The number of phenols is 1. The molecule has 1 saturated carbocycles. The van der Waals surface area contributed by atoms with Gasteiger partial charge in [-0.1, -0.05) is 18.9 Å². The summed E-state index contributed by atoms with van der Waals surface area (Å²) >= 11 is 0. The van der Waals surface area contributed by atoms with Crippen LogP contribution >= 0.6 is 0 Å². The van der Waals surface area contributed by atoms with Crippen molar-refractivity contribution in [3.63, 3.8) is 0 Å². The average molecular weight is 291 g/mol. The summed E-state index contributed by atoms with van der Waals surface area (Å²) in [6.45, 7) is 1.72. The van der Waals surface area contributed by atoms with E-state index in [-0.39, 0.29) is 24.2 Å². The summed E-state index contributed by atoms with van der Waals surface area (Å²) in [5.74, 6) is -0.570. The maximum Gasteiger partial charge on any atom is 0.325 e. The average Bonchev–Trinajstić information content (AvgIpc) is 3.00. The number of aryl methyl sites for hydroxylation is 1. The van der Waals surface area contributed by atoms with Crippen LogP contribution in [-0.4, -0.2) is 41.6 Å². The predicted octanol–water partition coefficient (Wildman–Crippen LogP) is 2.26. The SMILES string of the molecule is COC(=O)CN(C(=O)c1ccc(C)c(O)c1)C1CCCC1. The molecule has 2 rings (SSSR count). The number of methoxy groups -OCH3 is 1. The molecule has 0 radical (unpaired) electrons. The molecule has 114 valence electrons. The minimum Gasteiger partial charge on any atom is -0.508 e. The molecule has 1 aromatic carbocycles. The van der Waals surface area contributed by atoms with Gasteiger partial charge in [0, 0.05) is 11.6 Å². The standard InChI is InChI=1S/C16H21NO4/c1-11-7-8-12(9-14(11)18)16(20)17(10-15(19)21-2)13-5-3-4-6-13/h7-9,13,18H,3-6,10H2,1-2H3. The van der Waals surface area contributed by atoms with Crippen molar-refractivity contribution < 1.29 is 19.4 Å². The molecule has 5 nitrogen and oxygen atoms in total. The van der Waals surface area contributed by atoms with Crippen LogP contribution in [0.25, 0.3) is 0 Å². The number of carbonyl (C=O) groups excluding carboxylic acids is 2. The van der Waals surface area contributed by atoms with Crippen LogP contribution in [0.3, 0.4) is 0 Å². The highest BCUT2D eigenvalue weighted by Gasteiger charge is 2.29. The minimum absolute atomic E-state index is 0.0470. The Kier molecular flexibility index (Phi) is 4.83. The first kappa shape index (κ1) is 15.4. The second-order valence-electron chi connectivity index (χ2n) is 5.45. The first-order valence-corrected chi connectivity index (χ1v) is 7.20. The fraction of sp³-hybridized carbons (Fsp3) is 0.500. The second kappa shape index (κ2) is 6.61. The molecule has 0 heterocycles. The summed E-state index contributed by atoms with van der Waals surface area (Å²) in [5, 5.41) is 9.76. The van der Waals surface area contributed by atoms with Crippen molar-refractivity contribution in [2.24, 2.45) is 0 Å². The van der Waals surface area contributed by atoms with Crippen molar-refractivity contribution in [2.45, 2.75) is 38.6 Å². The molecule has 0 aromatic heterocycles. The normalized spacial score (nSPS) is 15.0. The molecule has 0 aliphatic heterocycles. The van der Waals surface area contributed by atoms with E-state index in [9.17, 15) is 14.7 Å². The van der Waals surface area contributed by atoms with Crippen LogP contribution in [0.15, 0.2) is 18.2 Å². The summed E-state index contributed by atoms with van der Waals surface area (Å²) in [6.07, 6.45) is 3.94. The molecule has 0 atom stereocenters. The van der Waals surface area contributed by atoms with Gasteiger partial charge in [-0.2, -0.15) is 0 Å². The highest BCUT2D eigenvalue weighted by molar-refractivity contribution is 5.96. The summed E-state index contributed by atoms with van der Waals surface area (Å²) in [7, 11) is 1.32. The van der Waals surface area contributed by atoms with E-state index in [1.165, 1.54) is 13.2 Å². The Morgan fingerprint density at radius 2 is 2.00 bits per heavy atom. The Morgan fingerprint density at radius 3 is 2.57 bits per heavy atom. The van der Waals surface area contributed by atoms with Crippen LogP contribution < -0.4 is 0 Å². The maximum absolute atomic E-state index is 12.7. The molecule has 0 spiro atoms. The van der Waals surface area contributed by atoms with Gasteiger partial charge in [-0.05, 0) is 37.5 Å². The smallest absolute Gasteiger partial charge is 0.325 e. The number of rotatable bonds is 4. The van der Waals surface area contributed by atoms with Crippen LogP contribution in [0.4, 0.5) is 0 Å². The zero-order valence-corrected chi connectivity index (χ0v) is 12.5. The van der Waals surface area contributed by atoms with E-state index in [4.69, 9.17) is 0 Å². The number of carbonyl (C=O) groups is 2. The van der Waals surface area contributed by atoms with Gasteiger partial charge in [-0.25, -0.2) is 0 Å². The first-order valence-electron chi connectivity index (χ1n) is 7.20. The van der Waals surface area contributed by atoms with Crippen LogP contribution in [0, 0.1) is 6.92 Å². The molecular weight excluding hydrogens is 270 g/mol. The van der Waals surface area contributed by atoms with Crippen LogP contribution in [0.1, 0.15) is 41.6 Å². The Bertz CT molecular complexity index is 535. The van der Waals surface area contributed by atoms with E-state index in [0.717, 1.165) is 25.7 Å². The van der Waals surface area contributed by atoms with Gasteiger partial charge >= 0.3 is 5.97 Å². The monoisotopic (exact) mass is 291 g/mol. The molecule has 1 aromatic rings. The zero-order valence-electron chi connectivity index (χ0n) is 12.5. The molecule has 0 saturated heterocycles. The van der Waals surface area contributed by atoms with Crippen LogP contribution in [0.5, 0.6) is 5.75 Å². The molecule has 0 unspecified atom stereocenters. The van der Waals surface area contributed by atoms with Crippen molar-refractivity contribution in [2.75, 3.05) is 13.7 Å². The molecule has 1 aliphatic carbocycles. The Balaban J connectivity index is 2.23. The Morgan fingerprint density at radius 1 is 1.33 bits per heavy atom. The summed E-state index contributed by atoms with van der Waals surface area (Å²) < 4.78 is 4.69. The molecule has 1 N–H and O–H groups in total. The van der Waals surface area contributed by atoms with Gasteiger partial charge in [0.1, 0.15) is 12.3 Å². The lowest BCUT2D eigenvalue weighted by molar-refractivity contribution is -0.141. The highest BCUT2D eigenvalue weighted by atomic mass is 16.5. The van der Waals surface area contributed by atoms with Gasteiger partial charge < -0.3 is 14.7 Å². The molecule has 5 heteroatoms. The van der Waals surface area contributed by atoms with Crippen molar-refractivity contribution in [1.82, 2.24) is 4.90 Å². The fourth-order valence-electron chi connectivity index (χ4n) is 2.69. The fourth-order valence-corrected chi connectivity index (χ4v) is 2.69. The van der Waals surface area contributed by atoms with Crippen molar-refractivity contribution in [3.05, 3.63) is 29.3 Å². The summed E-state index contributed by atoms with van der Waals surface area (Å²) in [6, 6.07) is 4.90. The van der Waals surface area contributed by atoms with E-state index in [0.29, 0.717) is 11.1 Å². The van der Waals surface area contributed by atoms with Crippen LogP contribution in [-0.2, 0) is 9.53 Å². The van der Waals surface area contributed by atoms with Gasteiger partial charge in [0.25, 0.3) is 5.91 Å². The third kappa shape index (κ3) is 3.54. The number of aromatic hydroxyl groups is 1. The Hall–Kier alpha value is -2.04. The molecule has 1 fully saturated rings. The number of nitrogens with zero attached hydrogens (tertiary/aromatic N) is 1. The summed E-state index contributed by atoms with van der Waals surface area (Å²) in [5.41, 5.74) is 1.11. The quantitative estimate of drug-likeness (QED) is 0.864. The lowest BCUT2D eigenvalue weighted by atomic mass is 10.1. The van der Waals surface area contributed by atoms with Gasteiger partial charge in [0.05, 0.1) is 7.11 Å². The number of esters is 1. The largest absolute Gasteiger partial charge is 0.508 e. The molecule has 1 aliphatic rings. The third-order valence-electron chi connectivity index (χ3n) is 4.01. The lowest BCUT2D eigenvalue weighted by Crippen LogP contribution is -2.42. The first-order chi connectivity index (χ1) is 10.0. The van der Waals surface area contributed by atoms with Crippen molar-refractivity contribution in [1.29, 1.82) is 0 Å².